The molecule has 1 aliphatic carbocycles. The van der Waals surface area contributed by atoms with E-state index >= 15 is 0 Å². The molecule has 1 unspecified atom stereocenters. The Morgan fingerprint density at radius 1 is 1.08 bits per heavy atom. The summed E-state index contributed by atoms with van der Waals surface area (Å²) in [5.74, 6) is 2.44. The molecule has 0 fully saturated rings. The van der Waals surface area contributed by atoms with Crippen LogP contribution in [-0.4, -0.2) is 29.2 Å². The molecular formula is C18H19N5O2. The second-order valence-electron chi connectivity index (χ2n) is 6.14. The predicted octanol–water partition coefficient (Wildman–Crippen LogP) is 2.09. The van der Waals surface area contributed by atoms with Gasteiger partial charge in [-0.15, -0.1) is 0 Å². The Labute approximate surface area is 145 Å². The molecule has 7 nitrogen and oxygen atoms in total. The SMILES string of the molecule is COc1ccc(OC)c(C2Cc3cnc4nc(N)nc(N)c4c3C2)c1. The van der Waals surface area contributed by atoms with Crippen LogP contribution < -0.4 is 20.9 Å². The van der Waals surface area contributed by atoms with E-state index in [0.29, 0.717) is 11.5 Å². The average molecular weight is 337 g/mol. The highest BCUT2D eigenvalue weighted by molar-refractivity contribution is 5.90. The number of nitrogens with zero attached hydrogens (tertiary/aromatic N) is 3. The minimum absolute atomic E-state index is 0.140. The Hall–Kier alpha value is -3.09. The fourth-order valence-electron chi connectivity index (χ4n) is 3.62. The summed E-state index contributed by atoms with van der Waals surface area (Å²) in [6.07, 6.45) is 3.52. The summed E-state index contributed by atoms with van der Waals surface area (Å²) < 4.78 is 10.9. The van der Waals surface area contributed by atoms with Gasteiger partial charge >= 0.3 is 0 Å². The van der Waals surface area contributed by atoms with E-state index in [2.05, 4.69) is 15.0 Å². The minimum atomic E-state index is 0.140. The Morgan fingerprint density at radius 2 is 1.92 bits per heavy atom. The van der Waals surface area contributed by atoms with Gasteiger partial charge < -0.3 is 20.9 Å². The highest BCUT2D eigenvalue weighted by atomic mass is 16.5. The molecule has 0 radical (unpaired) electrons. The number of nitrogen functional groups attached to an aromatic ring is 2. The Bertz CT molecular complexity index is 973. The van der Waals surface area contributed by atoms with Crippen LogP contribution in [0.1, 0.15) is 22.6 Å². The number of aromatic nitrogens is 3. The third-order valence-corrected chi connectivity index (χ3v) is 4.76. The molecule has 0 saturated carbocycles. The second kappa shape index (κ2) is 5.77. The van der Waals surface area contributed by atoms with E-state index in [1.165, 1.54) is 0 Å². The molecule has 128 valence electrons. The number of pyridine rings is 1. The van der Waals surface area contributed by atoms with Gasteiger partial charge in [-0.25, -0.2) is 4.98 Å². The number of benzene rings is 1. The summed E-state index contributed by atoms with van der Waals surface area (Å²) in [5, 5.41) is 0.802. The van der Waals surface area contributed by atoms with Gasteiger partial charge in [0.1, 0.15) is 17.3 Å². The quantitative estimate of drug-likeness (QED) is 0.753. The zero-order chi connectivity index (χ0) is 17.6. The number of rotatable bonds is 3. The van der Waals surface area contributed by atoms with Gasteiger partial charge in [0.25, 0.3) is 0 Å². The topological polar surface area (TPSA) is 109 Å². The largest absolute Gasteiger partial charge is 0.497 e. The first-order valence-corrected chi connectivity index (χ1v) is 8.02. The molecule has 4 N–H and O–H groups in total. The lowest BCUT2D eigenvalue weighted by atomic mass is 9.94. The summed E-state index contributed by atoms with van der Waals surface area (Å²) in [7, 11) is 3.34. The fourth-order valence-corrected chi connectivity index (χ4v) is 3.62. The highest BCUT2D eigenvalue weighted by Gasteiger charge is 2.29. The monoisotopic (exact) mass is 337 g/mol. The van der Waals surface area contributed by atoms with Crippen molar-refractivity contribution in [1.29, 1.82) is 0 Å². The molecule has 1 aromatic carbocycles. The normalized spacial score (nSPS) is 16.0. The van der Waals surface area contributed by atoms with Crippen molar-refractivity contribution in [3.05, 3.63) is 41.1 Å². The van der Waals surface area contributed by atoms with E-state index in [9.17, 15) is 0 Å². The molecule has 2 aromatic heterocycles. The van der Waals surface area contributed by atoms with Crippen molar-refractivity contribution in [3.63, 3.8) is 0 Å². The van der Waals surface area contributed by atoms with Crippen molar-refractivity contribution in [1.82, 2.24) is 15.0 Å². The molecular weight excluding hydrogens is 318 g/mol. The van der Waals surface area contributed by atoms with Gasteiger partial charge in [0.2, 0.25) is 5.95 Å². The number of ether oxygens (including phenoxy) is 2. The van der Waals surface area contributed by atoms with Gasteiger partial charge in [-0.1, -0.05) is 0 Å². The molecule has 0 bridgehead atoms. The summed E-state index contributed by atoms with van der Waals surface area (Å²) in [4.78, 5) is 12.7. The molecule has 2 heterocycles. The zero-order valence-electron chi connectivity index (χ0n) is 14.1. The molecule has 1 atom stereocenters. The number of hydrogen-bond acceptors (Lipinski definition) is 7. The molecule has 3 aromatic rings. The summed E-state index contributed by atoms with van der Waals surface area (Å²) in [6, 6.07) is 5.87. The van der Waals surface area contributed by atoms with Gasteiger partial charge in [0, 0.05) is 11.8 Å². The van der Waals surface area contributed by atoms with E-state index in [4.69, 9.17) is 20.9 Å². The van der Waals surface area contributed by atoms with Crippen LogP contribution in [0.15, 0.2) is 24.4 Å². The third-order valence-electron chi connectivity index (χ3n) is 4.76. The van der Waals surface area contributed by atoms with Crippen molar-refractivity contribution >= 4 is 22.8 Å². The van der Waals surface area contributed by atoms with Crippen molar-refractivity contribution in [2.24, 2.45) is 0 Å². The van der Waals surface area contributed by atoms with Crippen LogP contribution in [0.5, 0.6) is 11.5 Å². The van der Waals surface area contributed by atoms with Gasteiger partial charge in [-0.2, -0.15) is 9.97 Å². The number of fused-ring (bicyclic) bond motifs is 3. The Balaban J connectivity index is 1.81. The number of methoxy groups -OCH3 is 2. The van der Waals surface area contributed by atoms with E-state index in [1.807, 2.05) is 24.4 Å². The summed E-state index contributed by atoms with van der Waals surface area (Å²) >= 11 is 0. The van der Waals surface area contributed by atoms with E-state index in [0.717, 1.165) is 46.4 Å². The van der Waals surface area contributed by atoms with E-state index < -0.39 is 0 Å². The van der Waals surface area contributed by atoms with Crippen LogP contribution in [0.4, 0.5) is 11.8 Å². The van der Waals surface area contributed by atoms with Crippen LogP contribution in [0.25, 0.3) is 11.0 Å². The van der Waals surface area contributed by atoms with Crippen molar-refractivity contribution in [2.75, 3.05) is 25.7 Å². The lowest BCUT2D eigenvalue weighted by molar-refractivity contribution is 0.395. The second-order valence-corrected chi connectivity index (χ2v) is 6.14. The number of anilines is 2. The molecule has 1 aliphatic rings. The van der Waals surface area contributed by atoms with Gasteiger partial charge in [0.15, 0.2) is 5.65 Å². The molecule has 0 spiro atoms. The average Bonchev–Trinajstić information content (AvgIpc) is 3.04. The van der Waals surface area contributed by atoms with Crippen LogP contribution in [0.2, 0.25) is 0 Å². The Morgan fingerprint density at radius 3 is 2.68 bits per heavy atom. The van der Waals surface area contributed by atoms with Crippen LogP contribution in [0.3, 0.4) is 0 Å². The zero-order valence-corrected chi connectivity index (χ0v) is 14.1. The standard InChI is InChI=1S/C18H19N5O2/c1-24-11-3-4-14(25-2)12(7-11)9-5-10-8-21-17-15(13(10)6-9)16(19)22-18(20)23-17/h3-4,7-9H,5-6H2,1-2H3,(H4,19,20,21,22,23). The maximum atomic E-state index is 6.10. The molecule has 0 saturated heterocycles. The van der Waals surface area contributed by atoms with E-state index in [1.54, 1.807) is 14.2 Å². The first-order chi connectivity index (χ1) is 12.1. The molecule has 25 heavy (non-hydrogen) atoms. The van der Waals surface area contributed by atoms with Crippen LogP contribution >= 0.6 is 0 Å². The number of hydrogen-bond donors (Lipinski definition) is 2. The molecule has 0 amide bonds. The first kappa shape index (κ1) is 15.4. The van der Waals surface area contributed by atoms with Crippen molar-refractivity contribution in [3.8, 4) is 11.5 Å². The van der Waals surface area contributed by atoms with Crippen LogP contribution in [0, 0.1) is 0 Å². The van der Waals surface area contributed by atoms with Gasteiger partial charge in [-0.05, 0) is 48.1 Å². The van der Waals surface area contributed by atoms with Gasteiger partial charge in [0.05, 0.1) is 19.6 Å². The van der Waals surface area contributed by atoms with E-state index in [-0.39, 0.29) is 11.9 Å². The molecule has 0 aliphatic heterocycles. The third kappa shape index (κ3) is 2.48. The minimum Gasteiger partial charge on any atom is -0.497 e. The van der Waals surface area contributed by atoms with Crippen LogP contribution in [-0.2, 0) is 12.8 Å². The maximum Gasteiger partial charge on any atom is 0.224 e. The fraction of sp³-hybridized carbons (Fsp3) is 0.278. The first-order valence-electron chi connectivity index (χ1n) is 8.02. The van der Waals surface area contributed by atoms with Crippen molar-refractivity contribution in [2.45, 2.75) is 18.8 Å². The molecule has 7 heteroatoms. The smallest absolute Gasteiger partial charge is 0.224 e. The predicted molar refractivity (Wildman–Crippen MR) is 95.9 cm³/mol. The Kier molecular flexibility index (Phi) is 3.56. The maximum absolute atomic E-state index is 6.10. The summed E-state index contributed by atoms with van der Waals surface area (Å²) in [5.41, 5.74) is 15.7. The molecule has 4 rings (SSSR count). The lowest BCUT2D eigenvalue weighted by Crippen LogP contribution is -2.04. The number of nitrogens with two attached hydrogens (primary N) is 2. The van der Waals surface area contributed by atoms with Crippen molar-refractivity contribution < 1.29 is 9.47 Å². The van der Waals surface area contributed by atoms with Gasteiger partial charge in [-0.3, -0.25) is 0 Å². The highest BCUT2D eigenvalue weighted by Crippen LogP contribution is 2.42. The summed E-state index contributed by atoms with van der Waals surface area (Å²) in [6.45, 7) is 0. The lowest BCUT2D eigenvalue weighted by Gasteiger charge is -2.15.